The van der Waals surface area contributed by atoms with Crippen molar-refractivity contribution in [2.75, 3.05) is 0 Å². The number of halogens is 1. The van der Waals surface area contributed by atoms with E-state index < -0.39 is 0 Å². The maximum atomic E-state index is 13.1. The van der Waals surface area contributed by atoms with Crippen molar-refractivity contribution in [2.45, 2.75) is 25.8 Å². The van der Waals surface area contributed by atoms with Gasteiger partial charge in [0.2, 0.25) is 0 Å². The van der Waals surface area contributed by atoms with Crippen LogP contribution < -0.4 is 5.73 Å². The molecule has 0 bridgehead atoms. The van der Waals surface area contributed by atoms with Crippen LogP contribution in [0.1, 0.15) is 29.2 Å². The molecule has 1 unspecified atom stereocenters. The average Bonchev–Trinajstić information content (AvgIpc) is 2.36. The SMILES string of the molecule is Cc1cccc(CCC(N)c2cccc(F)c2)c1. The van der Waals surface area contributed by atoms with Gasteiger partial charge >= 0.3 is 0 Å². The van der Waals surface area contributed by atoms with Gasteiger partial charge in [0.15, 0.2) is 0 Å². The second-order valence-electron chi connectivity index (χ2n) is 4.69. The van der Waals surface area contributed by atoms with Gasteiger partial charge in [-0.1, -0.05) is 42.0 Å². The van der Waals surface area contributed by atoms with Crippen LogP contribution in [0.4, 0.5) is 4.39 Å². The van der Waals surface area contributed by atoms with Crippen LogP contribution >= 0.6 is 0 Å². The first-order valence-corrected chi connectivity index (χ1v) is 6.22. The number of nitrogens with two attached hydrogens (primary N) is 1. The lowest BCUT2D eigenvalue weighted by Crippen LogP contribution is -2.11. The summed E-state index contributed by atoms with van der Waals surface area (Å²) >= 11 is 0. The third-order valence-corrected chi connectivity index (χ3v) is 3.10. The van der Waals surface area contributed by atoms with E-state index in [1.165, 1.54) is 23.3 Å². The highest BCUT2D eigenvalue weighted by atomic mass is 19.1. The average molecular weight is 243 g/mol. The Hall–Kier alpha value is -1.67. The van der Waals surface area contributed by atoms with E-state index in [4.69, 9.17) is 5.73 Å². The smallest absolute Gasteiger partial charge is 0.123 e. The Labute approximate surface area is 107 Å². The summed E-state index contributed by atoms with van der Waals surface area (Å²) in [5, 5.41) is 0. The minimum absolute atomic E-state index is 0.110. The fourth-order valence-corrected chi connectivity index (χ4v) is 2.09. The third-order valence-electron chi connectivity index (χ3n) is 3.10. The molecule has 0 aliphatic carbocycles. The van der Waals surface area contributed by atoms with E-state index in [1.54, 1.807) is 6.07 Å². The first-order valence-electron chi connectivity index (χ1n) is 6.22. The molecule has 2 aromatic carbocycles. The predicted molar refractivity (Wildman–Crippen MR) is 72.8 cm³/mol. The Kier molecular flexibility index (Phi) is 4.11. The molecule has 0 saturated carbocycles. The summed E-state index contributed by atoms with van der Waals surface area (Å²) in [7, 11) is 0. The zero-order chi connectivity index (χ0) is 13.0. The molecule has 0 aliphatic heterocycles. The van der Waals surface area contributed by atoms with Crippen molar-refractivity contribution >= 4 is 0 Å². The highest BCUT2D eigenvalue weighted by Gasteiger charge is 2.07. The van der Waals surface area contributed by atoms with Crippen molar-refractivity contribution in [1.82, 2.24) is 0 Å². The van der Waals surface area contributed by atoms with E-state index in [0.717, 1.165) is 18.4 Å². The Morgan fingerprint density at radius 3 is 2.61 bits per heavy atom. The minimum Gasteiger partial charge on any atom is -0.324 e. The summed E-state index contributed by atoms with van der Waals surface area (Å²) in [6, 6.07) is 14.8. The summed E-state index contributed by atoms with van der Waals surface area (Å²) in [6.07, 6.45) is 1.74. The highest BCUT2D eigenvalue weighted by Crippen LogP contribution is 2.18. The van der Waals surface area contributed by atoms with Crippen LogP contribution in [0.2, 0.25) is 0 Å². The maximum Gasteiger partial charge on any atom is 0.123 e. The molecule has 0 heterocycles. The van der Waals surface area contributed by atoms with Crippen LogP contribution in [0.25, 0.3) is 0 Å². The lowest BCUT2D eigenvalue weighted by molar-refractivity contribution is 0.609. The number of hydrogen-bond acceptors (Lipinski definition) is 1. The summed E-state index contributed by atoms with van der Waals surface area (Å²) in [5.74, 6) is -0.224. The molecule has 0 spiro atoms. The molecule has 0 fully saturated rings. The van der Waals surface area contributed by atoms with Gasteiger partial charge < -0.3 is 5.73 Å². The lowest BCUT2D eigenvalue weighted by Gasteiger charge is -2.12. The molecule has 94 valence electrons. The molecule has 1 atom stereocenters. The van der Waals surface area contributed by atoms with Crippen LogP contribution in [0.5, 0.6) is 0 Å². The Morgan fingerprint density at radius 1 is 1.11 bits per heavy atom. The van der Waals surface area contributed by atoms with E-state index in [9.17, 15) is 4.39 Å². The fraction of sp³-hybridized carbons (Fsp3) is 0.250. The first-order chi connectivity index (χ1) is 8.65. The van der Waals surface area contributed by atoms with Gasteiger partial charge in [-0.05, 0) is 43.0 Å². The lowest BCUT2D eigenvalue weighted by atomic mass is 9.99. The van der Waals surface area contributed by atoms with Crippen molar-refractivity contribution in [2.24, 2.45) is 5.73 Å². The number of benzene rings is 2. The molecule has 0 amide bonds. The van der Waals surface area contributed by atoms with Gasteiger partial charge in [0.25, 0.3) is 0 Å². The van der Waals surface area contributed by atoms with E-state index in [-0.39, 0.29) is 11.9 Å². The van der Waals surface area contributed by atoms with Gasteiger partial charge in [0.05, 0.1) is 0 Å². The standard InChI is InChI=1S/C16H18FN/c1-12-4-2-5-13(10-12)8-9-16(18)14-6-3-7-15(17)11-14/h2-7,10-11,16H,8-9,18H2,1H3. The second-order valence-corrected chi connectivity index (χ2v) is 4.69. The summed E-state index contributed by atoms with van der Waals surface area (Å²) in [6.45, 7) is 2.08. The third kappa shape index (κ3) is 3.41. The number of hydrogen-bond donors (Lipinski definition) is 1. The van der Waals surface area contributed by atoms with E-state index >= 15 is 0 Å². The van der Waals surface area contributed by atoms with Crippen molar-refractivity contribution < 1.29 is 4.39 Å². The second kappa shape index (κ2) is 5.78. The minimum atomic E-state index is -0.224. The fourth-order valence-electron chi connectivity index (χ4n) is 2.09. The molecule has 0 aromatic heterocycles. The van der Waals surface area contributed by atoms with Crippen molar-refractivity contribution in [3.05, 3.63) is 71.0 Å². The van der Waals surface area contributed by atoms with E-state index in [0.29, 0.717) is 0 Å². The molecule has 2 heteroatoms. The van der Waals surface area contributed by atoms with Gasteiger partial charge in [-0.3, -0.25) is 0 Å². The number of aryl methyl sites for hydroxylation is 2. The normalized spacial score (nSPS) is 12.4. The van der Waals surface area contributed by atoms with Crippen molar-refractivity contribution in [3.8, 4) is 0 Å². The van der Waals surface area contributed by atoms with E-state index in [2.05, 4.69) is 31.2 Å². The van der Waals surface area contributed by atoms with Crippen LogP contribution in [0.15, 0.2) is 48.5 Å². The number of rotatable bonds is 4. The first kappa shape index (κ1) is 12.8. The predicted octanol–water partition coefficient (Wildman–Crippen LogP) is 3.77. The van der Waals surface area contributed by atoms with Crippen molar-refractivity contribution in [1.29, 1.82) is 0 Å². The Bertz CT molecular complexity index is 522. The van der Waals surface area contributed by atoms with Gasteiger partial charge in [-0.25, -0.2) is 4.39 Å². The summed E-state index contributed by atoms with van der Waals surface area (Å²) < 4.78 is 13.1. The van der Waals surface area contributed by atoms with Gasteiger partial charge in [-0.15, -0.1) is 0 Å². The Balaban J connectivity index is 1.98. The van der Waals surface area contributed by atoms with E-state index in [1.807, 2.05) is 6.07 Å². The van der Waals surface area contributed by atoms with Crippen LogP contribution in [0.3, 0.4) is 0 Å². The largest absolute Gasteiger partial charge is 0.324 e. The monoisotopic (exact) mass is 243 g/mol. The molecular formula is C16H18FN. The van der Waals surface area contributed by atoms with Gasteiger partial charge in [-0.2, -0.15) is 0 Å². The van der Waals surface area contributed by atoms with Crippen LogP contribution in [0, 0.1) is 12.7 Å². The molecule has 0 radical (unpaired) electrons. The summed E-state index contributed by atoms with van der Waals surface area (Å²) in [4.78, 5) is 0. The molecule has 1 nitrogen and oxygen atoms in total. The van der Waals surface area contributed by atoms with Crippen LogP contribution in [-0.4, -0.2) is 0 Å². The zero-order valence-electron chi connectivity index (χ0n) is 10.6. The van der Waals surface area contributed by atoms with Gasteiger partial charge in [0, 0.05) is 6.04 Å². The molecule has 0 saturated heterocycles. The zero-order valence-corrected chi connectivity index (χ0v) is 10.6. The molecule has 2 aromatic rings. The van der Waals surface area contributed by atoms with Crippen LogP contribution in [-0.2, 0) is 6.42 Å². The summed E-state index contributed by atoms with van der Waals surface area (Å²) in [5.41, 5.74) is 9.48. The molecular weight excluding hydrogens is 225 g/mol. The molecule has 0 aliphatic rings. The Morgan fingerprint density at radius 2 is 1.89 bits per heavy atom. The topological polar surface area (TPSA) is 26.0 Å². The molecule has 2 rings (SSSR count). The maximum absolute atomic E-state index is 13.1. The molecule has 18 heavy (non-hydrogen) atoms. The van der Waals surface area contributed by atoms with Crippen molar-refractivity contribution in [3.63, 3.8) is 0 Å². The molecule has 2 N–H and O–H groups in total. The van der Waals surface area contributed by atoms with Gasteiger partial charge in [0.1, 0.15) is 5.82 Å². The quantitative estimate of drug-likeness (QED) is 0.869. The highest BCUT2D eigenvalue weighted by molar-refractivity contribution is 5.24.